The van der Waals surface area contributed by atoms with Gasteiger partial charge in [-0.1, -0.05) is 13.8 Å². The lowest BCUT2D eigenvalue weighted by atomic mass is 10.0. The van der Waals surface area contributed by atoms with E-state index < -0.39 is 0 Å². The van der Waals surface area contributed by atoms with Crippen molar-refractivity contribution >= 4 is 11.5 Å². The van der Waals surface area contributed by atoms with Gasteiger partial charge in [-0.3, -0.25) is 4.79 Å². The average Bonchev–Trinajstić information content (AvgIpc) is 2.03. The van der Waals surface area contributed by atoms with Crippen molar-refractivity contribution in [2.45, 2.75) is 27.7 Å². The molecule has 0 saturated heterocycles. The Morgan fingerprint density at radius 3 is 1.92 bits per heavy atom. The summed E-state index contributed by atoms with van der Waals surface area (Å²) in [6.07, 6.45) is 0. The van der Waals surface area contributed by atoms with Crippen molar-refractivity contribution in [3.63, 3.8) is 0 Å². The summed E-state index contributed by atoms with van der Waals surface area (Å²) in [5, 5.41) is 10.1. The molecule has 0 radical (unpaired) electrons. The highest BCUT2D eigenvalue weighted by molar-refractivity contribution is 6.01. The smallest absolute Gasteiger partial charge is 0.139 e. The predicted octanol–water partition coefficient (Wildman–Crippen LogP) is 1.48. The van der Waals surface area contributed by atoms with Crippen molar-refractivity contribution in [2.75, 3.05) is 13.6 Å². The molecule has 0 fully saturated rings. The molecule has 3 nitrogen and oxygen atoms in total. The maximum Gasteiger partial charge on any atom is 0.139 e. The van der Waals surface area contributed by atoms with Crippen LogP contribution in [0.15, 0.2) is 0 Å². The summed E-state index contributed by atoms with van der Waals surface area (Å²) in [5.74, 6) is -0.174. The van der Waals surface area contributed by atoms with Crippen LogP contribution in [0.5, 0.6) is 0 Å². The Morgan fingerprint density at radius 1 is 1.42 bits per heavy atom. The standard InChI is InChI=1S/C7H14N2O.C2H6/c1-5(8)7(4-9-3)6(2)10;1-2/h7-9H,4H2,1-3H3;1-2H3. The van der Waals surface area contributed by atoms with Crippen LogP contribution in [0.25, 0.3) is 0 Å². The summed E-state index contributed by atoms with van der Waals surface area (Å²) in [7, 11) is 1.78. The van der Waals surface area contributed by atoms with Crippen molar-refractivity contribution in [1.29, 1.82) is 5.41 Å². The van der Waals surface area contributed by atoms with E-state index in [1.54, 1.807) is 14.0 Å². The molecule has 12 heavy (non-hydrogen) atoms. The predicted molar refractivity (Wildman–Crippen MR) is 52.8 cm³/mol. The minimum Gasteiger partial charge on any atom is -0.319 e. The van der Waals surface area contributed by atoms with Crippen LogP contribution in [0.3, 0.4) is 0 Å². The molecule has 2 N–H and O–H groups in total. The van der Waals surface area contributed by atoms with Crippen LogP contribution in [0.2, 0.25) is 0 Å². The number of Topliss-reactive ketones (excluding diaryl/α,β-unsaturated/α-hetero) is 1. The van der Waals surface area contributed by atoms with Crippen LogP contribution in [-0.2, 0) is 4.79 Å². The quantitative estimate of drug-likeness (QED) is 0.631. The Labute approximate surface area is 75.1 Å². The first-order valence-corrected chi connectivity index (χ1v) is 4.29. The van der Waals surface area contributed by atoms with Gasteiger partial charge in [0.1, 0.15) is 5.78 Å². The van der Waals surface area contributed by atoms with Gasteiger partial charge in [-0.2, -0.15) is 0 Å². The van der Waals surface area contributed by atoms with Crippen molar-refractivity contribution in [3.05, 3.63) is 0 Å². The zero-order chi connectivity index (χ0) is 10.1. The van der Waals surface area contributed by atoms with Crippen LogP contribution < -0.4 is 5.32 Å². The van der Waals surface area contributed by atoms with E-state index in [9.17, 15) is 4.79 Å². The molecular formula is C9H20N2O. The Morgan fingerprint density at radius 2 is 1.83 bits per heavy atom. The maximum absolute atomic E-state index is 10.8. The summed E-state index contributed by atoms with van der Waals surface area (Å²) < 4.78 is 0. The van der Waals surface area contributed by atoms with Crippen molar-refractivity contribution in [1.82, 2.24) is 5.32 Å². The molecule has 0 aromatic carbocycles. The van der Waals surface area contributed by atoms with Crippen molar-refractivity contribution < 1.29 is 4.79 Å². The fourth-order valence-electron chi connectivity index (χ4n) is 0.806. The number of carbonyl (C=O) groups is 1. The second-order valence-corrected chi connectivity index (χ2v) is 2.40. The normalized spacial score (nSPS) is 11.1. The fraction of sp³-hybridized carbons (Fsp3) is 0.778. The lowest BCUT2D eigenvalue weighted by Gasteiger charge is -2.10. The first-order valence-electron chi connectivity index (χ1n) is 4.29. The lowest BCUT2D eigenvalue weighted by molar-refractivity contribution is -0.118. The highest BCUT2D eigenvalue weighted by atomic mass is 16.1. The number of carbonyl (C=O) groups excluding carboxylic acids is 1. The van der Waals surface area contributed by atoms with Crippen LogP contribution in [0.4, 0.5) is 0 Å². The first-order chi connectivity index (χ1) is 5.59. The Balaban J connectivity index is 0. The fourth-order valence-corrected chi connectivity index (χ4v) is 0.806. The van der Waals surface area contributed by atoms with Gasteiger partial charge in [0.2, 0.25) is 0 Å². The number of rotatable bonds is 4. The number of hydrogen-bond donors (Lipinski definition) is 2. The molecule has 0 aliphatic heterocycles. The molecule has 0 rings (SSSR count). The molecule has 0 saturated carbocycles. The lowest BCUT2D eigenvalue weighted by Crippen LogP contribution is -2.29. The van der Waals surface area contributed by atoms with Crippen molar-refractivity contribution in [2.24, 2.45) is 5.92 Å². The van der Waals surface area contributed by atoms with Crippen LogP contribution >= 0.6 is 0 Å². The second-order valence-electron chi connectivity index (χ2n) is 2.40. The molecule has 0 aromatic heterocycles. The van der Waals surface area contributed by atoms with Crippen LogP contribution in [-0.4, -0.2) is 25.1 Å². The maximum atomic E-state index is 10.8. The molecule has 3 heteroatoms. The molecule has 0 bridgehead atoms. The highest BCUT2D eigenvalue weighted by Crippen LogP contribution is 1.97. The van der Waals surface area contributed by atoms with Gasteiger partial charge < -0.3 is 10.7 Å². The summed E-state index contributed by atoms with van der Waals surface area (Å²) in [5.41, 5.74) is 0.432. The molecule has 0 aliphatic rings. The van der Waals surface area contributed by atoms with Crippen LogP contribution in [0, 0.1) is 11.3 Å². The van der Waals surface area contributed by atoms with E-state index in [2.05, 4.69) is 5.32 Å². The Hall–Kier alpha value is -0.700. The molecule has 1 unspecified atom stereocenters. The molecule has 72 valence electrons. The van der Waals surface area contributed by atoms with Gasteiger partial charge in [0.05, 0.1) is 5.92 Å². The number of nitrogens with one attached hydrogen (secondary N) is 2. The molecule has 0 spiro atoms. The Kier molecular flexibility index (Phi) is 9.70. The van der Waals surface area contributed by atoms with E-state index in [0.29, 0.717) is 12.3 Å². The summed E-state index contributed by atoms with van der Waals surface area (Å²) >= 11 is 0. The van der Waals surface area contributed by atoms with E-state index in [-0.39, 0.29) is 11.7 Å². The van der Waals surface area contributed by atoms with Crippen LogP contribution in [0.1, 0.15) is 27.7 Å². The summed E-state index contributed by atoms with van der Waals surface area (Å²) in [6.45, 7) is 7.74. The first kappa shape index (κ1) is 13.9. The van der Waals surface area contributed by atoms with E-state index >= 15 is 0 Å². The third-order valence-electron chi connectivity index (χ3n) is 1.42. The largest absolute Gasteiger partial charge is 0.319 e. The van der Waals surface area contributed by atoms with Gasteiger partial charge in [-0.05, 0) is 20.9 Å². The Bertz CT molecular complexity index is 129. The molecule has 0 amide bonds. The monoisotopic (exact) mass is 172 g/mol. The summed E-state index contributed by atoms with van der Waals surface area (Å²) in [4.78, 5) is 10.8. The SMILES string of the molecule is CC.CNCC(C(C)=N)C(C)=O. The highest BCUT2D eigenvalue weighted by Gasteiger charge is 2.14. The zero-order valence-corrected chi connectivity index (χ0v) is 8.69. The average molecular weight is 172 g/mol. The van der Waals surface area contributed by atoms with Gasteiger partial charge in [-0.15, -0.1) is 0 Å². The van der Waals surface area contributed by atoms with E-state index in [0.717, 1.165) is 0 Å². The van der Waals surface area contributed by atoms with E-state index in [1.807, 2.05) is 13.8 Å². The molecule has 0 heterocycles. The van der Waals surface area contributed by atoms with E-state index in [4.69, 9.17) is 5.41 Å². The minimum absolute atomic E-state index is 0.0573. The van der Waals surface area contributed by atoms with Gasteiger partial charge in [-0.25, -0.2) is 0 Å². The molecular weight excluding hydrogens is 152 g/mol. The van der Waals surface area contributed by atoms with Gasteiger partial charge in [0.25, 0.3) is 0 Å². The minimum atomic E-state index is -0.231. The van der Waals surface area contributed by atoms with Gasteiger partial charge in [0.15, 0.2) is 0 Å². The second kappa shape index (κ2) is 8.40. The third kappa shape index (κ3) is 6.04. The third-order valence-corrected chi connectivity index (χ3v) is 1.42. The zero-order valence-electron chi connectivity index (χ0n) is 8.69. The topological polar surface area (TPSA) is 53.0 Å². The molecule has 0 aromatic rings. The molecule has 0 aliphatic carbocycles. The van der Waals surface area contributed by atoms with E-state index in [1.165, 1.54) is 6.92 Å². The van der Waals surface area contributed by atoms with Gasteiger partial charge >= 0.3 is 0 Å². The number of ketones is 1. The summed E-state index contributed by atoms with van der Waals surface area (Å²) in [6, 6.07) is 0. The van der Waals surface area contributed by atoms with Crippen molar-refractivity contribution in [3.8, 4) is 0 Å². The molecule has 1 atom stereocenters. The number of hydrogen-bond acceptors (Lipinski definition) is 3. The van der Waals surface area contributed by atoms with Gasteiger partial charge in [0, 0.05) is 12.3 Å².